The van der Waals surface area contributed by atoms with Crippen molar-refractivity contribution in [2.24, 2.45) is 0 Å². The van der Waals surface area contributed by atoms with Gasteiger partial charge in [-0.15, -0.1) is 0 Å². The minimum atomic E-state index is -3.69. The van der Waals surface area contributed by atoms with Crippen LogP contribution in [-0.4, -0.2) is 44.7 Å². The number of hydrogen-bond acceptors (Lipinski definition) is 5. The zero-order chi connectivity index (χ0) is 22.8. The molecule has 1 fully saturated rings. The van der Waals surface area contributed by atoms with Crippen LogP contribution in [0.1, 0.15) is 38.5 Å². The molecule has 0 atom stereocenters. The van der Waals surface area contributed by atoms with Gasteiger partial charge in [-0.05, 0) is 49.3 Å². The summed E-state index contributed by atoms with van der Waals surface area (Å²) in [5.74, 6) is 1.65. The monoisotopic (exact) mass is 476 g/mol. The first-order valence-corrected chi connectivity index (χ1v) is 14.0. The lowest BCUT2D eigenvalue weighted by Gasteiger charge is -2.24. The average Bonchev–Trinajstić information content (AvgIpc) is 2.78. The van der Waals surface area contributed by atoms with Crippen LogP contribution in [0.3, 0.4) is 0 Å². The normalized spacial score (nSPS) is 14.7. The van der Waals surface area contributed by atoms with Gasteiger partial charge in [-0.3, -0.25) is 9.10 Å². The first kappa shape index (κ1) is 24.5. The Labute approximate surface area is 195 Å². The first-order chi connectivity index (χ1) is 15.4. The predicted molar refractivity (Wildman–Crippen MR) is 132 cm³/mol. The van der Waals surface area contributed by atoms with Crippen molar-refractivity contribution >= 4 is 33.4 Å². The van der Waals surface area contributed by atoms with Gasteiger partial charge in [0.1, 0.15) is 12.3 Å². The van der Waals surface area contributed by atoms with Gasteiger partial charge in [0, 0.05) is 11.8 Å². The van der Waals surface area contributed by atoms with Crippen molar-refractivity contribution in [2.75, 3.05) is 29.4 Å². The van der Waals surface area contributed by atoms with Gasteiger partial charge in [-0.25, -0.2) is 8.42 Å². The summed E-state index contributed by atoms with van der Waals surface area (Å²) in [6.45, 7) is 0.252. The third kappa shape index (κ3) is 7.74. The van der Waals surface area contributed by atoms with Crippen molar-refractivity contribution in [3.05, 3.63) is 54.6 Å². The molecular formula is C24H32N2O4S2. The highest BCUT2D eigenvalue weighted by molar-refractivity contribution is 7.99. The van der Waals surface area contributed by atoms with Gasteiger partial charge in [0.25, 0.3) is 0 Å². The summed E-state index contributed by atoms with van der Waals surface area (Å²) in [7, 11) is -3.69. The zero-order valence-corrected chi connectivity index (χ0v) is 20.2. The number of nitrogens with zero attached hydrogens (tertiary/aromatic N) is 1. The highest BCUT2D eigenvalue weighted by atomic mass is 32.2. The fourth-order valence-corrected chi connectivity index (χ4v) is 5.89. The van der Waals surface area contributed by atoms with E-state index in [-0.39, 0.29) is 12.5 Å². The summed E-state index contributed by atoms with van der Waals surface area (Å²) in [6.07, 6.45) is 8.56. The van der Waals surface area contributed by atoms with Crippen molar-refractivity contribution in [3.8, 4) is 11.5 Å². The molecule has 32 heavy (non-hydrogen) atoms. The lowest BCUT2D eigenvalue weighted by Crippen LogP contribution is -2.40. The number of sulfonamides is 1. The highest BCUT2D eigenvalue weighted by Gasteiger charge is 2.24. The molecule has 1 aliphatic carbocycles. The average molecular weight is 477 g/mol. The molecule has 1 amide bonds. The number of thioether (sulfide) groups is 1. The van der Waals surface area contributed by atoms with Gasteiger partial charge in [-0.2, -0.15) is 11.8 Å². The molecule has 3 rings (SSSR count). The zero-order valence-electron chi connectivity index (χ0n) is 18.5. The third-order valence-corrected chi connectivity index (χ3v) is 7.94. The number of nitrogens with one attached hydrogen (secondary N) is 1. The maximum Gasteiger partial charge on any atom is 0.240 e. The molecule has 0 bridgehead atoms. The van der Waals surface area contributed by atoms with E-state index in [0.29, 0.717) is 23.7 Å². The van der Waals surface area contributed by atoms with Gasteiger partial charge >= 0.3 is 0 Å². The van der Waals surface area contributed by atoms with Crippen molar-refractivity contribution in [1.29, 1.82) is 0 Å². The molecule has 1 aliphatic rings. The Morgan fingerprint density at radius 2 is 1.75 bits per heavy atom. The van der Waals surface area contributed by atoms with Gasteiger partial charge < -0.3 is 10.1 Å². The second-order valence-corrected chi connectivity index (χ2v) is 11.3. The van der Waals surface area contributed by atoms with Crippen LogP contribution >= 0.6 is 11.8 Å². The number of carbonyl (C=O) groups is 1. The smallest absolute Gasteiger partial charge is 0.240 e. The van der Waals surface area contributed by atoms with Crippen molar-refractivity contribution in [3.63, 3.8) is 0 Å². The van der Waals surface area contributed by atoms with E-state index in [9.17, 15) is 13.2 Å². The van der Waals surface area contributed by atoms with Gasteiger partial charge in [0.2, 0.25) is 15.9 Å². The highest BCUT2D eigenvalue weighted by Crippen LogP contribution is 2.33. The molecule has 174 valence electrons. The Hall–Kier alpha value is -2.19. The second kappa shape index (κ2) is 12.2. The molecule has 8 heteroatoms. The molecular weight excluding hydrogens is 444 g/mol. The fraction of sp³-hybridized carbons (Fsp3) is 0.458. The lowest BCUT2D eigenvalue weighted by atomic mass is 10.0. The number of benzene rings is 2. The summed E-state index contributed by atoms with van der Waals surface area (Å²) in [5.41, 5.74) is 0.335. The third-order valence-electron chi connectivity index (χ3n) is 5.34. The van der Waals surface area contributed by atoms with E-state index in [2.05, 4.69) is 5.32 Å². The van der Waals surface area contributed by atoms with E-state index in [1.54, 1.807) is 36.4 Å². The number of carbonyl (C=O) groups excluding carboxylic acids is 1. The lowest BCUT2D eigenvalue weighted by molar-refractivity contribution is -0.119. The van der Waals surface area contributed by atoms with E-state index in [4.69, 9.17) is 4.74 Å². The maximum atomic E-state index is 12.5. The van der Waals surface area contributed by atoms with E-state index in [1.807, 2.05) is 30.0 Å². The number of para-hydroxylation sites is 3. The van der Waals surface area contributed by atoms with Crippen LogP contribution in [-0.2, 0) is 14.8 Å². The van der Waals surface area contributed by atoms with Crippen LogP contribution < -0.4 is 14.4 Å². The SMILES string of the molecule is CS(=O)(=O)N(CC(=O)NCCCSC1CCCCC1)c1ccccc1Oc1ccccc1. The van der Waals surface area contributed by atoms with E-state index in [0.717, 1.165) is 28.0 Å². The minimum absolute atomic E-state index is 0.288. The number of rotatable bonds is 11. The molecule has 0 heterocycles. The molecule has 6 nitrogen and oxygen atoms in total. The van der Waals surface area contributed by atoms with Gasteiger partial charge in [0.15, 0.2) is 5.75 Å². The van der Waals surface area contributed by atoms with E-state index >= 15 is 0 Å². The quantitative estimate of drug-likeness (QED) is 0.471. The molecule has 0 radical (unpaired) electrons. The number of ether oxygens (including phenoxy) is 1. The number of amides is 1. The Bertz CT molecular complexity index is 961. The molecule has 1 N–H and O–H groups in total. The van der Waals surface area contributed by atoms with Crippen molar-refractivity contribution < 1.29 is 17.9 Å². The Morgan fingerprint density at radius 3 is 2.47 bits per heavy atom. The Kier molecular flexibility index (Phi) is 9.29. The molecule has 0 aliphatic heterocycles. The van der Waals surface area contributed by atoms with Gasteiger partial charge in [-0.1, -0.05) is 49.6 Å². The molecule has 1 saturated carbocycles. The Balaban J connectivity index is 1.57. The summed E-state index contributed by atoms with van der Waals surface area (Å²) in [5, 5.41) is 3.61. The van der Waals surface area contributed by atoms with E-state index in [1.165, 1.54) is 32.1 Å². The molecule has 0 saturated heterocycles. The summed E-state index contributed by atoms with van der Waals surface area (Å²) >= 11 is 1.99. The van der Waals surface area contributed by atoms with Crippen molar-refractivity contribution in [1.82, 2.24) is 5.32 Å². The van der Waals surface area contributed by atoms with Crippen LogP contribution in [0.25, 0.3) is 0 Å². The Morgan fingerprint density at radius 1 is 1.06 bits per heavy atom. The molecule has 2 aromatic rings. The maximum absolute atomic E-state index is 12.5. The second-order valence-electron chi connectivity index (χ2n) is 7.99. The van der Waals surface area contributed by atoms with E-state index < -0.39 is 10.0 Å². The summed E-state index contributed by atoms with van der Waals surface area (Å²) in [6, 6.07) is 16.0. The summed E-state index contributed by atoms with van der Waals surface area (Å²) in [4.78, 5) is 12.5. The van der Waals surface area contributed by atoms with Gasteiger partial charge in [0.05, 0.1) is 11.9 Å². The largest absolute Gasteiger partial charge is 0.455 e. The van der Waals surface area contributed by atoms with Crippen LogP contribution in [0.15, 0.2) is 54.6 Å². The minimum Gasteiger partial charge on any atom is -0.455 e. The molecule has 0 spiro atoms. The van der Waals surface area contributed by atoms with Crippen LogP contribution in [0.4, 0.5) is 5.69 Å². The molecule has 0 aromatic heterocycles. The first-order valence-electron chi connectivity index (χ1n) is 11.1. The predicted octanol–water partition coefficient (Wildman–Crippen LogP) is 4.82. The van der Waals surface area contributed by atoms with Crippen LogP contribution in [0.5, 0.6) is 11.5 Å². The molecule has 2 aromatic carbocycles. The van der Waals surface area contributed by atoms with Crippen molar-refractivity contribution in [2.45, 2.75) is 43.8 Å². The topological polar surface area (TPSA) is 75.7 Å². The van der Waals surface area contributed by atoms with Crippen LogP contribution in [0.2, 0.25) is 0 Å². The molecule has 0 unspecified atom stereocenters. The number of anilines is 1. The fourth-order valence-electron chi connectivity index (χ4n) is 3.71. The number of hydrogen-bond donors (Lipinski definition) is 1. The van der Waals surface area contributed by atoms with Crippen LogP contribution in [0, 0.1) is 0 Å². The summed E-state index contributed by atoms with van der Waals surface area (Å²) < 4.78 is 32.0. The standard InChI is InChI=1S/C24H32N2O4S2/c1-32(28,29)26(19-24(27)25-17-10-18-31-21-13-6-3-7-14-21)22-15-8-9-16-23(22)30-20-11-4-2-5-12-20/h2,4-5,8-9,11-12,15-16,21H,3,6-7,10,13-14,17-19H2,1H3,(H,25,27).